The van der Waals surface area contributed by atoms with Gasteiger partial charge in [0.25, 0.3) is 0 Å². The van der Waals surface area contributed by atoms with Crippen molar-refractivity contribution < 1.29 is 9.47 Å². The number of methoxy groups -OCH3 is 2. The molecular weight excluding hydrogens is 445 g/mol. The first kappa shape index (κ1) is 16.8. The fourth-order valence-corrected chi connectivity index (χ4v) is 3.38. The number of fused-ring (bicyclic) bond motifs is 1. The molecule has 1 aliphatic rings. The van der Waals surface area contributed by atoms with Crippen LogP contribution in [0.2, 0.25) is 0 Å². The SMILES string of the molecule is COc1cccc([C@H]2C=C(c3ccc(I)cc3)Nc3nnnn32)c1OC. The van der Waals surface area contributed by atoms with E-state index in [1.807, 2.05) is 18.2 Å². The van der Waals surface area contributed by atoms with Crippen LogP contribution < -0.4 is 14.8 Å². The van der Waals surface area contributed by atoms with Gasteiger partial charge in [-0.05, 0) is 62.9 Å². The minimum Gasteiger partial charge on any atom is -0.493 e. The van der Waals surface area contributed by atoms with Gasteiger partial charge in [0.15, 0.2) is 11.5 Å². The topological polar surface area (TPSA) is 74.1 Å². The van der Waals surface area contributed by atoms with Gasteiger partial charge in [-0.1, -0.05) is 29.4 Å². The average molecular weight is 461 g/mol. The average Bonchev–Trinajstić information content (AvgIpc) is 3.15. The zero-order valence-corrected chi connectivity index (χ0v) is 16.3. The summed E-state index contributed by atoms with van der Waals surface area (Å²) < 4.78 is 14.0. The molecule has 0 saturated heterocycles. The lowest BCUT2D eigenvalue weighted by Gasteiger charge is -2.25. The van der Waals surface area contributed by atoms with Crippen LogP contribution in [0.25, 0.3) is 5.70 Å². The summed E-state index contributed by atoms with van der Waals surface area (Å²) in [5.74, 6) is 1.92. The molecule has 132 valence electrons. The summed E-state index contributed by atoms with van der Waals surface area (Å²) in [6, 6.07) is 13.8. The summed E-state index contributed by atoms with van der Waals surface area (Å²) >= 11 is 2.29. The van der Waals surface area contributed by atoms with E-state index in [9.17, 15) is 0 Å². The smallest absolute Gasteiger partial charge is 0.248 e. The predicted octanol–water partition coefficient (Wildman–Crippen LogP) is 3.35. The van der Waals surface area contributed by atoms with Gasteiger partial charge in [0.1, 0.15) is 6.04 Å². The van der Waals surface area contributed by atoms with Crippen molar-refractivity contribution in [3.8, 4) is 11.5 Å². The molecule has 7 nitrogen and oxygen atoms in total. The van der Waals surface area contributed by atoms with E-state index in [4.69, 9.17) is 9.47 Å². The first-order valence-corrected chi connectivity index (χ1v) is 9.02. The van der Waals surface area contributed by atoms with Crippen molar-refractivity contribution in [2.24, 2.45) is 0 Å². The third-order valence-corrected chi connectivity index (χ3v) is 4.95. The number of nitrogens with zero attached hydrogens (tertiary/aromatic N) is 4. The second-order valence-corrected chi connectivity index (χ2v) is 6.93. The molecule has 2 heterocycles. The molecular formula is C18H16IN5O2. The number of anilines is 1. The Bertz CT molecular complexity index is 968. The second kappa shape index (κ2) is 6.94. The van der Waals surface area contributed by atoms with E-state index >= 15 is 0 Å². The number of para-hydroxylation sites is 1. The van der Waals surface area contributed by atoms with Crippen molar-refractivity contribution in [3.63, 3.8) is 0 Å². The molecule has 0 saturated carbocycles. The van der Waals surface area contributed by atoms with Gasteiger partial charge in [-0.2, -0.15) is 4.68 Å². The Morgan fingerprint density at radius 3 is 2.62 bits per heavy atom. The Hall–Kier alpha value is -2.62. The number of hydrogen-bond donors (Lipinski definition) is 1. The zero-order valence-electron chi connectivity index (χ0n) is 14.2. The Labute approximate surface area is 164 Å². The number of allylic oxidation sites excluding steroid dienone is 1. The van der Waals surface area contributed by atoms with Crippen LogP contribution in [0, 0.1) is 3.57 Å². The normalized spacial score (nSPS) is 15.7. The van der Waals surface area contributed by atoms with Crippen LogP contribution in [0.15, 0.2) is 48.5 Å². The summed E-state index contributed by atoms with van der Waals surface area (Å²) in [6.07, 6.45) is 2.09. The number of aromatic nitrogens is 4. The molecule has 0 bridgehead atoms. The Kier molecular flexibility index (Phi) is 4.49. The van der Waals surface area contributed by atoms with Crippen LogP contribution in [0.5, 0.6) is 11.5 Å². The summed E-state index contributed by atoms with van der Waals surface area (Å²) in [5.41, 5.74) is 2.93. The molecule has 0 radical (unpaired) electrons. The third kappa shape index (κ3) is 2.90. The highest BCUT2D eigenvalue weighted by Gasteiger charge is 2.27. The Morgan fingerprint density at radius 2 is 1.88 bits per heavy atom. The van der Waals surface area contributed by atoms with Gasteiger partial charge in [-0.25, -0.2) is 0 Å². The predicted molar refractivity (Wildman–Crippen MR) is 106 cm³/mol. The molecule has 2 aromatic carbocycles. The van der Waals surface area contributed by atoms with Gasteiger partial charge in [0, 0.05) is 14.8 Å². The maximum Gasteiger partial charge on any atom is 0.248 e. The lowest BCUT2D eigenvalue weighted by atomic mass is 10.0. The minimum absolute atomic E-state index is 0.222. The van der Waals surface area contributed by atoms with Crippen LogP contribution in [0.3, 0.4) is 0 Å². The lowest BCUT2D eigenvalue weighted by Crippen LogP contribution is -2.20. The highest BCUT2D eigenvalue weighted by atomic mass is 127. The largest absolute Gasteiger partial charge is 0.493 e. The molecule has 26 heavy (non-hydrogen) atoms. The fourth-order valence-electron chi connectivity index (χ4n) is 3.02. The molecule has 1 atom stereocenters. The van der Waals surface area contributed by atoms with Gasteiger partial charge in [-0.3, -0.25) is 0 Å². The Balaban J connectivity index is 1.85. The van der Waals surface area contributed by atoms with Crippen molar-refractivity contribution >= 4 is 34.2 Å². The molecule has 3 aromatic rings. The van der Waals surface area contributed by atoms with Crippen molar-refractivity contribution in [2.45, 2.75) is 6.04 Å². The summed E-state index contributed by atoms with van der Waals surface area (Å²) in [7, 11) is 3.26. The van der Waals surface area contributed by atoms with E-state index in [0.29, 0.717) is 17.4 Å². The molecule has 0 amide bonds. The first-order chi connectivity index (χ1) is 12.7. The summed E-state index contributed by atoms with van der Waals surface area (Å²) in [6.45, 7) is 0. The molecule has 0 spiro atoms. The van der Waals surface area contributed by atoms with Gasteiger partial charge in [-0.15, -0.1) is 0 Å². The molecule has 4 rings (SSSR count). The molecule has 0 fully saturated rings. The van der Waals surface area contributed by atoms with Gasteiger partial charge < -0.3 is 14.8 Å². The quantitative estimate of drug-likeness (QED) is 0.601. The maximum atomic E-state index is 5.61. The molecule has 8 heteroatoms. The van der Waals surface area contributed by atoms with Gasteiger partial charge in [0.2, 0.25) is 5.95 Å². The standard InChI is InChI=1S/C18H16IN5O2/c1-25-16-5-3-4-13(17(16)26-2)15-10-14(11-6-8-12(19)9-7-11)20-18-21-22-23-24(15)18/h3-10,15H,1-2H3,(H,20,21,23)/t15-/m1/s1. The van der Waals surface area contributed by atoms with Crippen molar-refractivity contribution in [1.82, 2.24) is 20.2 Å². The van der Waals surface area contributed by atoms with E-state index < -0.39 is 0 Å². The number of ether oxygens (including phenoxy) is 2. The molecule has 0 aliphatic carbocycles. The summed E-state index contributed by atoms with van der Waals surface area (Å²) in [4.78, 5) is 0. The van der Waals surface area contributed by atoms with Crippen molar-refractivity contribution in [1.29, 1.82) is 0 Å². The van der Waals surface area contributed by atoms with Crippen LogP contribution in [0.1, 0.15) is 17.2 Å². The highest BCUT2D eigenvalue weighted by molar-refractivity contribution is 14.1. The van der Waals surface area contributed by atoms with E-state index in [-0.39, 0.29) is 6.04 Å². The lowest BCUT2D eigenvalue weighted by molar-refractivity contribution is 0.348. The van der Waals surface area contributed by atoms with Crippen molar-refractivity contribution in [2.75, 3.05) is 19.5 Å². The van der Waals surface area contributed by atoms with Crippen LogP contribution in [-0.2, 0) is 0 Å². The number of rotatable bonds is 4. The fraction of sp³-hybridized carbons (Fsp3) is 0.167. The van der Waals surface area contributed by atoms with Gasteiger partial charge in [0.05, 0.1) is 14.2 Å². The van der Waals surface area contributed by atoms with Gasteiger partial charge >= 0.3 is 0 Å². The molecule has 0 unspecified atom stereocenters. The first-order valence-electron chi connectivity index (χ1n) is 7.95. The monoisotopic (exact) mass is 461 g/mol. The summed E-state index contributed by atoms with van der Waals surface area (Å²) in [5, 5.41) is 15.3. The number of benzene rings is 2. The maximum absolute atomic E-state index is 5.61. The second-order valence-electron chi connectivity index (χ2n) is 5.69. The minimum atomic E-state index is -0.222. The Morgan fingerprint density at radius 1 is 1.08 bits per heavy atom. The molecule has 1 N–H and O–H groups in total. The van der Waals surface area contributed by atoms with Crippen molar-refractivity contribution in [3.05, 3.63) is 63.2 Å². The van der Waals surface area contributed by atoms with E-state index in [1.165, 1.54) is 3.57 Å². The highest BCUT2D eigenvalue weighted by Crippen LogP contribution is 2.40. The third-order valence-electron chi connectivity index (χ3n) is 4.23. The van der Waals surface area contributed by atoms with Crippen LogP contribution in [0.4, 0.5) is 5.95 Å². The number of hydrogen-bond acceptors (Lipinski definition) is 6. The molecule has 1 aliphatic heterocycles. The molecule has 1 aromatic heterocycles. The van der Waals surface area contributed by atoms with E-state index in [0.717, 1.165) is 16.8 Å². The zero-order chi connectivity index (χ0) is 18.1. The van der Waals surface area contributed by atoms with E-state index in [2.05, 4.69) is 73.8 Å². The number of tetrazole rings is 1. The van der Waals surface area contributed by atoms with Crippen LogP contribution >= 0.6 is 22.6 Å². The number of nitrogens with one attached hydrogen (secondary N) is 1. The number of halogens is 1. The van der Waals surface area contributed by atoms with Crippen LogP contribution in [-0.4, -0.2) is 34.4 Å². The van der Waals surface area contributed by atoms with E-state index in [1.54, 1.807) is 18.9 Å².